The fraction of sp³-hybridized carbons (Fsp3) is 0.200. The second kappa shape index (κ2) is 7.01. The van der Waals surface area contributed by atoms with E-state index in [1.807, 2.05) is 29.9 Å². The Labute approximate surface area is 151 Å². The summed E-state index contributed by atoms with van der Waals surface area (Å²) in [6, 6.07) is 12.2. The van der Waals surface area contributed by atoms with E-state index in [1.165, 1.54) is 5.56 Å². The number of rotatable bonds is 6. The second-order valence-corrected chi connectivity index (χ2v) is 6.32. The topological polar surface area (TPSA) is 60.2 Å². The first-order chi connectivity index (χ1) is 12.7. The number of nitrogens with zero attached hydrogens (tertiary/aromatic N) is 4. The van der Waals surface area contributed by atoms with Crippen molar-refractivity contribution in [3.63, 3.8) is 0 Å². The van der Waals surface area contributed by atoms with Crippen molar-refractivity contribution < 1.29 is 8.83 Å². The molecule has 0 spiro atoms. The first-order valence-electron chi connectivity index (χ1n) is 8.45. The van der Waals surface area contributed by atoms with Gasteiger partial charge in [0, 0.05) is 25.5 Å². The normalized spacial score (nSPS) is 11.3. The van der Waals surface area contributed by atoms with Gasteiger partial charge in [0.25, 0.3) is 0 Å². The highest BCUT2D eigenvalue weighted by molar-refractivity contribution is 5.51. The van der Waals surface area contributed by atoms with Crippen molar-refractivity contribution in [1.82, 2.24) is 19.7 Å². The predicted molar refractivity (Wildman–Crippen MR) is 97.7 cm³/mol. The molecule has 0 saturated heterocycles. The smallest absolute Gasteiger partial charge is 0.229 e. The van der Waals surface area contributed by atoms with E-state index in [2.05, 4.69) is 46.3 Å². The molecule has 0 aliphatic heterocycles. The zero-order valence-corrected chi connectivity index (χ0v) is 14.8. The summed E-state index contributed by atoms with van der Waals surface area (Å²) >= 11 is 0. The monoisotopic (exact) mass is 348 g/mol. The van der Waals surface area contributed by atoms with Gasteiger partial charge < -0.3 is 8.83 Å². The summed E-state index contributed by atoms with van der Waals surface area (Å²) in [5.74, 6) is 1.44. The molecule has 0 N–H and O–H groups in total. The maximum Gasteiger partial charge on any atom is 0.229 e. The highest BCUT2D eigenvalue weighted by Gasteiger charge is 2.14. The van der Waals surface area contributed by atoms with E-state index in [0.717, 1.165) is 29.2 Å². The van der Waals surface area contributed by atoms with Gasteiger partial charge in [-0.15, -0.1) is 0 Å². The van der Waals surface area contributed by atoms with E-state index < -0.39 is 0 Å². The van der Waals surface area contributed by atoms with E-state index in [-0.39, 0.29) is 0 Å². The number of benzene rings is 1. The third kappa shape index (κ3) is 3.45. The molecule has 0 bridgehead atoms. The number of hydrogen-bond donors (Lipinski definition) is 0. The van der Waals surface area contributed by atoms with Crippen molar-refractivity contribution in [2.75, 3.05) is 7.05 Å². The summed E-state index contributed by atoms with van der Waals surface area (Å²) in [5.41, 5.74) is 4.09. The van der Waals surface area contributed by atoms with E-state index in [9.17, 15) is 0 Å². The molecule has 0 radical (unpaired) electrons. The van der Waals surface area contributed by atoms with Crippen molar-refractivity contribution in [1.29, 1.82) is 0 Å². The van der Waals surface area contributed by atoms with Gasteiger partial charge in [0.05, 0.1) is 23.2 Å². The Morgan fingerprint density at radius 1 is 1.12 bits per heavy atom. The van der Waals surface area contributed by atoms with Crippen LogP contribution in [0, 0.1) is 6.92 Å². The summed E-state index contributed by atoms with van der Waals surface area (Å²) in [7, 11) is 2.08. The minimum Gasteiger partial charge on any atom is -0.472 e. The summed E-state index contributed by atoms with van der Waals surface area (Å²) in [6.07, 6.45) is 6.97. The van der Waals surface area contributed by atoms with Crippen molar-refractivity contribution in [2.24, 2.45) is 0 Å². The number of furan rings is 1. The average Bonchev–Trinajstić information content (AvgIpc) is 3.38. The van der Waals surface area contributed by atoms with Crippen LogP contribution in [-0.4, -0.2) is 26.7 Å². The zero-order valence-electron chi connectivity index (χ0n) is 14.8. The molecule has 26 heavy (non-hydrogen) atoms. The van der Waals surface area contributed by atoms with Crippen LogP contribution >= 0.6 is 0 Å². The number of aromatic nitrogens is 3. The minimum atomic E-state index is 0.600. The summed E-state index contributed by atoms with van der Waals surface area (Å²) in [5, 5.41) is 4.25. The third-order valence-electron chi connectivity index (χ3n) is 4.24. The van der Waals surface area contributed by atoms with Crippen LogP contribution in [-0.2, 0) is 13.1 Å². The fourth-order valence-corrected chi connectivity index (χ4v) is 2.88. The third-order valence-corrected chi connectivity index (χ3v) is 4.24. The second-order valence-electron chi connectivity index (χ2n) is 6.32. The van der Waals surface area contributed by atoms with Crippen LogP contribution in [0.5, 0.6) is 0 Å². The van der Waals surface area contributed by atoms with Gasteiger partial charge in [-0.05, 0) is 43.8 Å². The van der Waals surface area contributed by atoms with Crippen molar-refractivity contribution in [3.05, 3.63) is 78.3 Å². The number of aryl methyl sites for hydroxylation is 1. The van der Waals surface area contributed by atoms with E-state index in [0.29, 0.717) is 12.4 Å². The predicted octanol–water partition coefficient (Wildman–Crippen LogP) is 4.06. The Bertz CT molecular complexity index is 954. The van der Waals surface area contributed by atoms with E-state index in [1.54, 1.807) is 18.7 Å². The number of oxazole rings is 1. The van der Waals surface area contributed by atoms with Gasteiger partial charge in [0.15, 0.2) is 0 Å². The van der Waals surface area contributed by atoms with Crippen molar-refractivity contribution >= 4 is 0 Å². The standard InChI is InChI=1S/C20H20N4O2/c1-15-19(22-20(26-15)17-8-11-25-14-17)13-23(2)12-16-4-6-18(7-5-16)24-10-3-9-21-24/h3-11,14H,12-13H2,1-2H3. The molecule has 0 unspecified atom stereocenters. The molecule has 0 aliphatic rings. The molecule has 0 atom stereocenters. The molecule has 0 fully saturated rings. The molecule has 132 valence electrons. The highest BCUT2D eigenvalue weighted by Crippen LogP contribution is 2.23. The molecule has 3 aromatic heterocycles. The zero-order chi connectivity index (χ0) is 17.9. The molecular formula is C20H20N4O2. The summed E-state index contributed by atoms with van der Waals surface area (Å²) in [4.78, 5) is 6.82. The van der Waals surface area contributed by atoms with Gasteiger partial charge in [-0.2, -0.15) is 5.10 Å². The van der Waals surface area contributed by atoms with Crippen LogP contribution in [0.3, 0.4) is 0 Å². The maximum atomic E-state index is 5.76. The molecule has 0 saturated carbocycles. The van der Waals surface area contributed by atoms with Crippen LogP contribution in [0.25, 0.3) is 17.1 Å². The van der Waals surface area contributed by atoms with Crippen LogP contribution < -0.4 is 0 Å². The summed E-state index contributed by atoms with van der Waals surface area (Å²) < 4.78 is 12.7. The lowest BCUT2D eigenvalue weighted by Crippen LogP contribution is -2.18. The molecule has 0 aliphatic carbocycles. The largest absolute Gasteiger partial charge is 0.472 e. The minimum absolute atomic E-state index is 0.600. The van der Waals surface area contributed by atoms with Crippen LogP contribution in [0.15, 0.2) is 70.2 Å². The van der Waals surface area contributed by atoms with E-state index >= 15 is 0 Å². The lowest BCUT2D eigenvalue weighted by atomic mass is 10.2. The molecule has 3 heterocycles. The van der Waals surface area contributed by atoms with Crippen molar-refractivity contribution in [2.45, 2.75) is 20.0 Å². The SMILES string of the molecule is Cc1oc(-c2ccoc2)nc1CN(C)Cc1ccc(-n2cccn2)cc1. The van der Waals surface area contributed by atoms with Crippen LogP contribution in [0.1, 0.15) is 17.0 Å². The van der Waals surface area contributed by atoms with E-state index in [4.69, 9.17) is 8.83 Å². The number of hydrogen-bond acceptors (Lipinski definition) is 5. The Morgan fingerprint density at radius 3 is 2.65 bits per heavy atom. The highest BCUT2D eigenvalue weighted by atomic mass is 16.4. The van der Waals surface area contributed by atoms with Gasteiger partial charge in [0.2, 0.25) is 5.89 Å². The van der Waals surface area contributed by atoms with Crippen LogP contribution in [0.2, 0.25) is 0 Å². The molecule has 6 nitrogen and oxygen atoms in total. The molecule has 4 rings (SSSR count). The molecule has 1 aromatic carbocycles. The summed E-state index contributed by atoms with van der Waals surface area (Å²) in [6.45, 7) is 3.49. The molecular weight excluding hydrogens is 328 g/mol. The van der Waals surface area contributed by atoms with Gasteiger partial charge in [0.1, 0.15) is 12.0 Å². The van der Waals surface area contributed by atoms with Gasteiger partial charge >= 0.3 is 0 Å². The van der Waals surface area contributed by atoms with Gasteiger partial charge in [-0.25, -0.2) is 9.67 Å². The Kier molecular flexibility index (Phi) is 4.41. The van der Waals surface area contributed by atoms with Gasteiger partial charge in [-0.1, -0.05) is 12.1 Å². The Morgan fingerprint density at radius 2 is 1.96 bits per heavy atom. The molecule has 6 heteroatoms. The lowest BCUT2D eigenvalue weighted by molar-refractivity contribution is 0.313. The maximum absolute atomic E-state index is 5.76. The average molecular weight is 348 g/mol. The van der Waals surface area contributed by atoms with Gasteiger partial charge in [-0.3, -0.25) is 4.90 Å². The quantitative estimate of drug-likeness (QED) is 0.526. The molecule has 0 amide bonds. The van der Waals surface area contributed by atoms with Crippen LogP contribution in [0.4, 0.5) is 0 Å². The fourth-order valence-electron chi connectivity index (χ4n) is 2.88. The first kappa shape index (κ1) is 16.4. The van der Waals surface area contributed by atoms with Crippen molar-refractivity contribution in [3.8, 4) is 17.1 Å². The Hall–Kier alpha value is -3.12. The molecule has 4 aromatic rings. The first-order valence-corrected chi connectivity index (χ1v) is 8.45. The Balaban J connectivity index is 1.42. The lowest BCUT2D eigenvalue weighted by Gasteiger charge is -2.15.